The summed E-state index contributed by atoms with van der Waals surface area (Å²) in [4.78, 5) is 21.8. The van der Waals surface area contributed by atoms with Crippen molar-refractivity contribution >= 4 is 21.6 Å². The number of nitro benzene ring substituents is 1. The molecule has 8 nitrogen and oxygen atoms in total. The van der Waals surface area contributed by atoms with Gasteiger partial charge in [0, 0.05) is 25.3 Å². The number of hydrogen-bond donors (Lipinski definition) is 1. The van der Waals surface area contributed by atoms with Crippen molar-refractivity contribution in [2.24, 2.45) is 5.92 Å². The van der Waals surface area contributed by atoms with E-state index in [2.05, 4.69) is 0 Å². The number of aliphatic hydroxyl groups excluding tert-OH is 1. The minimum atomic E-state index is -3.99. The molecule has 2 rings (SSSR count). The molecule has 1 aliphatic rings. The van der Waals surface area contributed by atoms with Crippen molar-refractivity contribution in [2.45, 2.75) is 11.8 Å². The lowest BCUT2D eigenvalue weighted by Crippen LogP contribution is -2.34. The molecule has 1 aliphatic heterocycles. The van der Waals surface area contributed by atoms with E-state index >= 15 is 0 Å². The number of hydrogen-bond acceptors (Lipinski definition) is 6. The molecule has 1 unspecified atom stereocenters. The molecule has 1 N–H and O–H groups in total. The zero-order chi connectivity index (χ0) is 15.1. The second kappa shape index (κ2) is 4.84. The summed E-state index contributed by atoms with van der Waals surface area (Å²) in [6.07, 6.45) is 0. The third kappa shape index (κ3) is 2.14. The fourth-order valence-corrected chi connectivity index (χ4v) is 3.58. The van der Waals surface area contributed by atoms with E-state index in [-0.39, 0.29) is 29.3 Å². The molecule has 108 valence electrons. The van der Waals surface area contributed by atoms with Gasteiger partial charge in [-0.25, -0.2) is 12.7 Å². The highest BCUT2D eigenvalue weighted by atomic mass is 32.2. The van der Waals surface area contributed by atoms with Gasteiger partial charge in [-0.15, -0.1) is 0 Å². The SMILES string of the molecule is CC(CO)CN1C(=O)c2cc([N+](=O)[O-])ccc2S1(=O)=O. The topological polar surface area (TPSA) is 118 Å². The third-order valence-electron chi connectivity index (χ3n) is 2.99. The van der Waals surface area contributed by atoms with Crippen LogP contribution in [0.1, 0.15) is 17.3 Å². The monoisotopic (exact) mass is 300 g/mol. The molecular weight excluding hydrogens is 288 g/mol. The summed E-state index contributed by atoms with van der Waals surface area (Å²) in [6, 6.07) is 3.06. The second-order valence-corrected chi connectivity index (χ2v) is 6.40. The van der Waals surface area contributed by atoms with Crippen LogP contribution < -0.4 is 0 Å². The minimum Gasteiger partial charge on any atom is -0.396 e. The van der Waals surface area contributed by atoms with Crippen LogP contribution in [0.5, 0.6) is 0 Å². The Morgan fingerprint density at radius 1 is 1.45 bits per heavy atom. The van der Waals surface area contributed by atoms with Gasteiger partial charge >= 0.3 is 0 Å². The van der Waals surface area contributed by atoms with E-state index in [1.54, 1.807) is 6.92 Å². The molecule has 1 aromatic rings. The summed E-state index contributed by atoms with van der Waals surface area (Å²) >= 11 is 0. The lowest BCUT2D eigenvalue weighted by Gasteiger charge is -2.18. The van der Waals surface area contributed by atoms with E-state index in [0.29, 0.717) is 4.31 Å². The zero-order valence-corrected chi connectivity index (χ0v) is 11.3. The summed E-state index contributed by atoms with van der Waals surface area (Å²) in [7, 11) is -3.99. The fraction of sp³-hybridized carbons (Fsp3) is 0.364. The predicted molar refractivity (Wildman–Crippen MR) is 67.6 cm³/mol. The average Bonchev–Trinajstić information content (AvgIpc) is 2.59. The Morgan fingerprint density at radius 3 is 2.65 bits per heavy atom. The number of nitrogens with zero attached hydrogens (tertiary/aromatic N) is 2. The number of non-ortho nitro benzene ring substituents is 1. The maximum absolute atomic E-state index is 12.2. The van der Waals surface area contributed by atoms with Gasteiger partial charge in [-0.3, -0.25) is 14.9 Å². The summed E-state index contributed by atoms with van der Waals surface area (Å²) in [5.41, 5.74) is -0.548. The molecule has 1 aromatic carbocycles. The predicted octanol–water partition coefficient (Wildman–Crippen LogP) is 0.368. The second-order valence-electron chi connectivity index (χ2n) is 4.57. The van der Waals surface area contributed by atoms with Crippen molar-refractivity contribution < 1.29 is 23.2 Å². The first-order valence-electron chi connectivity index (χ1n) is 5.75. The number of sulfonamides is 1. The largest absolute Gasteiger partial charge is 0.396 e. The highest BCUT2D eigenvalue weighted by Gasteiger charge is 2.42. The quantitative estimate of drug-likeness (QED) is 0.634. The van der Waals surface area contributed by atoms with E-state index < -0.39 is 26.8 Å². The van der Waals surface area contributed by atoms with Gasteiger partial charge in [-0.2, -0.15) is 0 Å². The molecule has 0 spiro atoms. The van der Waals surface area contributed by atoms with Crippen molar-refractivity contribution in [1.29, 1.82) is 0 Å². The van der Waals surface area contributed by atoms with Crippen molar-refractivity contribution in [3.8, 4) is 0 Å². The van der Waals surface area contributed by atoms with E-state index in [9.17, 15) is 23.3 Å². The highest BCUT2D eigenvalue weighted by molar-refractivity contribution is 7.90. The molecule has 1 heterocycles. The lowest BCUT2D eigenvalue weighted by atomic mass is 10.1. The molecule has 0 saturated carbocycles. The van der Waals surface area contributed by atoms with Gasteiger partial charge in [0.15, 0.2) is 0 Å². The fourth-order valence-electron chi connectivity index (χ4n) is 1.91. The van der Waals surface area contributed by atoms with E-state index in [1.165, 1.54) is 0 Å². The molecule has 0 saturated heterocycles. The lowest BCUT2D eigenvalue weighted by molar-refractivity contribution is -0.384. The Kier molecular flexibility index (Phi) is 3.48. The van der Waals surface area contributed by atoms with Crippen molar-refractivity contribution in [3.63, 3.8) is 0 Å². The normalized spacial score (nSPS) is 17.9. The van der Waals surface area contributed by atoms with Crippen LogP contribution in [-0.2, 0) is 10.0 Å². The molecule has 0 fully saturated rings. The molecule has 0 radical (unpaired) electrons. The van der Waals surface area contributed by atoms with Gasteiger partial charge in [-0.05, 0) is 12.0 Å². The summed E-state index contributed by atoms with van der Waals surface area (Å²) in [6.45, 7) is 1.16. The van der Waals surface area contributed by atoms with Gasteiger partial charge in [0.2, 0.25) is 0 Å². The van der Waals surface area contributed by atoms with Crippen LogP contribution in [0.15, 0.2) is 23.1 Å². The van der Waals surface area contributed by atoms with E-state index in [4.69, 9.17) is 5.11 Å². The van der Waals surface area contributed by atoms with Crippen LogP contribution in [-0.4, -0.2) is 41.8 Å². The first kappa shape index (κ1) is 14.4. The van der Waals surface area contributed by atoms with Gasteiger partial charge in [0.25, 0.3) is 21.6 Å². The number of rotatable bonds is 4. The summed E-state index contributed by atoms with van der Waals surface area (Å²) in [5.74, 6) is -1.22. The number of fused-ring (bicyclic) bond motifs is 1. The standard InChI is InChI=1S/C11H12N2O6S/c1-7(6-14)5-12-11(15)9-4-8(13(16)17)2-3-10(9)20(12,18)19/h2-4,7,14H,5-6H2,1H3. The van der Waals surface area contributed by atoms with Crippen molar-refractivity contribution in [3.05, 3.63) is 33.9 Å². The zero-order valence-electron chi connectivity index (χ0n) is 10.5. The molecule has 9 heteroatoms. The first-order valence-corrected chi connectivity index (χ1v) is 7.19. The average molecular weight is 300 g/mol. The maximum Gasteiger partial charge on any atom is 0.270 e. The Hall–Kier alpha value is -2.00. The summed E-state index contributed by atoms with van der Waals surface area (Å²) in [5, 5.41) is 19.6. The Bertz CT molecular complexity index is 684. The van der Waals surface area contributed by atoms with Crippen LogP contribution >= 0.6 is 0 Å². The molecule has 1 amide bonds. The van der Waals surface area contributed by atoms with Crippen molar-refractivity contribution in [2.75, 3.05) is 13.2 Å². The van der Waals surface area contributed by atoms with E-state index in [1.807, 2.05) is 0 Å². The Labute approximate surface area is 114 Å². The van der Waals surface area contributed by atoms with Crippen LogP contribution in [0, 0.1) is 16.0 Å². The van der Waals surface area contributed by atoms with E-state index in [0.717, 1.165) is 18.2 Å². The van der Waals surface area contributed by atoms with Crippen LogP contribution in [0.4, 0.5) is 5.69 Å². The van der Waals surface area contributed by atoms with Crippen LogP contribution in [0.25, 0.3) is 0 Å². The Balaban J connectivity index is 2.50. The Morgan fingerprint density at radius 2 is 2.10 bits per heavy atom. The van der Waals surface area contributed by atoms with Crippen LogP contribution in [0.2, 0.25) is 0 Å². The molecule has 0 aliphatic carbocycles. The van der Waals surface area contributed by atoms with Crippen LogP contribution in [0.3, 0.4) is 0 Å². The van der Waals surface area contributed by atoms with Gasteiger partial charge in [0.1, 0.15) is 4.90 Å². The number of benzene rings is 1. The maximum atomic E-state index is 12.2. The molecule has 0 bridgehead atoms. The number of nitro groups is 1. The molecule has 1 atom stereocenters. The van der Waals surface area contributed by atoms with Gasteiger partial charge in [-0.1, -0.05) is 6.92 Å². The number of carbonyl (C=O) groups excluding carboxylic acids is 1. The molecule has 0 aromatic heterocycles. The molecular formula is C11H12N2O6S. The highest BCUT2D eigenvalue weighted by Crippen LogP contribution is 2.33. The number of aliphatic hydroxyl groups is 1. The summed E-state index contributed by atoms with van der Waals surface area (Å²) < 4.78 is 25.0. The minimum absolute atomic E-state index is 0.167. The third-order valence-corrected chi connectivity index (χ3v) is 4.80. The molecule has 20 heavy (non-hydrogen) atoms. The first-order chi connectivity index (χ1) is 9.28. The van der Waals surface area contributed by atoms with Gasteiger partial charge < -0.3 is 5.11 Å². The number of carbonyl (C=O) groups is 1. The smallest absolute Gasteiger partial charge is 0.270 e. The van der Waals surface area contributed by atoms with Crippen molar-refractivity contribution in [1.82, 2.24) is 4.31 Å². The van der Waals surface area contributed by atoms with Gasteiger partial charge in [0.05, 0.1) is 10.5 Å². The number of amides is 1.